The molecule has 0 unspecified atom stereocenters. The molecule has 2 rings (SSSR count). The third kappa shape index (κ3) is 2.68. The Bertz CT molecular complexity index is 569. The normalized spacial score (nSPS) is 20.9. The van der Waals surface area contributed by atoms with Gasteiger partial charge >= 0.3 is 0 Å². The number of sulfonamides is 1. The third-order valence-electron chi connectivity index (χ3n) is 3.12. The molecule has 0 amide bonds. The maximum atomic E-state index is 12.6. The van der Waals surface area contributed by atoms with Crippen LogP contribution >= 0.6 is 23.2 Å². The van der Waals surface area contributed by atoms with E-state index in [4.69, 9.17) is 28.9 Å². The van der Waals surface area contributed by atoms with Crippen LogP contribution in [0.4, 0.5) is 5.69 Å². The smallest absolute Gasteiger partial charge is 0.246 e. The van der Waals surface area contributed by atoms with E-state index in [-0.39, 0.29) is 21.5 Å². The molecule has 5 nitrogen and oxygen atoms in total. The van der Waals surface area contributed by atoms with Crippen molar-refractivity contribution in [1.29, 1.82) is 0 Å². The summed E-state index contributed by atoms with van der Waals surface area (Å²) in [5.41, 5.74) is 5.86. The Kier molecular flexibility index (Phi) is 4.27. The van der Waals surface area contributed by atoms with E-state index in [0.29, 0.717) is 25.1 Å². The van der Waals surface area contributed by atoms with Gasteiger partial charge in [-0.05, 0) is 25.0 Å². The lowest BCUT2D eigenvalue weighted by atomic mass is 10.2. The van der Waals surface area contributed by atoms with Crippen molar-refractivity contribution in [3.8, 4) is 0 Å². The highest BCUT2D eigenvalue weighted by Gasteiger charge is 2.37. The van der Waals surface area contributed by atoms with E-state index in [1.807, 2.05) is 0 Å². The zero-order valence-electron chi connectivity index (χ0n) is 10.0. The Hall–Kier alpha value is -0.530. The Morgan fingerprint density at radius 3 is 2.47 bits per heavy atom. The fraction of sp³-hybridized carbons (Fsp3) is 0.455. The van der Waals surface area contributed by atoms with Crippen molar-refractivity contribution in [2.45, 2.75) is 23.8 Å². The second-order valence-electron chi connectivity index (χ2n) is 4.41. The topological polar surface area (TPSA) is 83.6 Å². The van der Waals surface area contributed by atoms with Crippen LogP contribution in [0.1, 0.15) is 12.8 Å². The van der Waals surface area contributed by atoms with Gasteiger partial charge in [0.2, 0.25) is 10.0 Å². The lowest BCUT2D eigenvalue weighted by Gasteiger charge is -2.23. The first kappa shape index (κ1) is 14.9. The number of hydrogen-bond acceptors (Lipinski definition) is 4. The first-order valence-electron chi connectivity index (χ1n) is 5.75. The van der Waals surface area contributed by atoms with E-state index in [0.717, 1.165) is 0 Å². The van der Waals surface area contributed by atoms with Crippen LogP contribution in [-0.4, -0.2) is 37.0 Å². The van der Waals surface area contributed by atoms with Crippen molar-refractivity contribution in [3.05, 3.63) is 22.2 Å². The highest BCUT2D eigenvalue weighted by atomic mass is 35.5. The van der Waals surface area contributed by atoms with Gasteiger partial charge in [0.15, 0.2) is 0 Å². The molecule has 1 aliphatic rings. The van der Waals surface area contributed by atoms with Crippen molar-refractivity contribution in [2.75, 3.05) is 18.9 Å². The molecule has 0 saturated carbocycles. The van der Waals surface area contributed by atoms with Crippen LogP contribution < -0.4 is 5.73 Å². The summed E-state index contributed by atoms with van der Waals surface area (Å²) in [6.45, 7) is 0.133. The van der Waals surface area contributed by atoms with Crippen LogP contribution in [0, 0.1) is 0 Å². The summed E-state index contributed by atoms with van der Waals surface area (Å²) in [5.74, 6) is 0. The van der Waals surface area contributed by atoms with Gasteiger partial charge < -0.3 is 10.8 Å². The molecule has 0 aromatic heterocycles. The number of nitrogen functional groups attached to an aromatic ring is 1. The number of nitrogens with zero attached hydrogens (tertiary/aromatic N) is 1. The predicted molar refractivity (Wildman–Crippen MR) is 74.9 cm³/mol. The monoisotopic (exact) mass is 324 g/mol. The molecule has 3 N–H and O–H groups in total. The Balaban J connectivity index is 2.51. The lowest BCUT2D eigenvalue weighted by Crippen LogP contribution is -2.37. The minimum Gasteiger partial charge on any atom is -0.399 e. The van der Waals surface area contributed by atoms with Gasteiger partial charge in [0.25, 0.3) is 0 Å². The molecule has 1 aliphatic heterocycles. The van der Waals surface area contributed by atoms with Crippen LogP contribution in [0.3, 0.4) is 0 Å². The zero-order valence-corrected chi connectivity index (χ0v) is 12.3. The predicted octanol–water partition coefficient (Wildman–Crippen LogP) is 1.72. The Labute approximate surface area is 122 Å². The van der Waals surface area contributed by atoms with Crippen LogP contribution in [0.2, 0.25) is 10.0 Å². The van der Waals surface area contributed by atoms with Crippen LogP contribution in [0.5, 0.6) is 0 Å². The molecule has 1 aromatic carbocycles. The Morgan fingerprint density at radius 1 is 1.37 bits per heavy atom. The van der Waals surface area contributed by atoms with Gasteiger partial charge in [0, 0.05) is 18.3 Å². The van der Waals surface area contributed by atoms with Gasteiger partial charge in [-0.1, -0.05) is 23.2 Å². The van der Waals surface area contributed by atoms with Crippen molar-refractivity contribution < 1.29 is 13.5 Å². The fourth-order valence-electron chi connectivity index (χ4n) is 2.25. The van der Waals surface area contributed by atoms with Crippen molar-refractivity contribution in [3.63, 3.8) is 0 Å². The van der Waals surface area contributed by atoms with E-state index in [1.165, 1.54) is 16.4 Å². The van der Waals surface area contributed by atoms with E-state index in [2.05, 4.69) is 0 Å². The molecule has 106 valence electrons. The number of anilines is 1. The van der Waals surface area contributed by atoms with Crippen molar-refractivity contribution in [2.24, 2.45) is 0 Å². The number of benzene rings is 1. The maximum Gasteiger partial charge on any atom is 0.246 e. The van der Waals surface area contributed by atoms with E-state index in [9.17, 15) is 13.5 Å². The zero-order chi connectivity index (χ0) is 14.2. The van der Waals surface area contributed by atoms with Gasteiger partial charge in [0.1, 0.15) is 4.90 Å². The molecule has 1 aromatic rings. The first-order valence-corrected chi connectivity index (χ1v) is 7.94. The third-order valence-corrected chi connectivity index (χ3v) is 6.00. The first-order chi connectivity index (χ1) is 8.87. The van der Waals surface area contributed by atoms with Crippen molar-refractivity contribution >= 4 is 38.9 Å². The Morgan fingerprint density at radius 2 is 1.95 bits per heavy atom. The van der Waals surface area contributed by atoms with Gasteiger partial charge in [-0.15, -0.1) is 0 Å². The summed E-state index contributed by atoms with van der Waals surface area (Å²) in [6, 6.07) is 2.28. The molecule has 1 heterocycles. The number of halogens is 2. The van der Waals surface area contributed by atoms with E-state index in [1.54, 1.807) is 0 Å². The van der Waals surface area contributed by atoms with Crippen LogP contribution in [0.15, 0.2) is 17.0 Å². The van der Waals surface area contributed by atoms with E-state index >= 15 is 0 Å². The average Bonchev–Trinajstić information content (AvgIpc) is 2.75. The van der Waals surface area contributed by atoms with Crippen molar-refractivity contribution in [1.82, 2.24) is 4.31 Å². The quantitative estimate of drug-likeness (QED) is 0.829. The summed E-state index contributed by atoms with van der Waals surface area (Å²) in [5, 5.41) is 9.23. The average molecular weight is 325 g/mol. The second-order valence-corrected chi connectivity index (χ2v) is 7.05. The summed E-state index contributed by atoms with van der Waals surface area (Å²) in [6.07, 6.45) is 1.33. The molecule has 0 bridgehead atoms. The fourth-order valence-corrected chi connectivity index (χ4v) is 5.12. The molecular weight excluding hydrogens is 311 g/mol. The molecular formula is C11H14Cl2N2O3S. The summed E-state index contributed by atoms with van der Waals surface area (Å²) in [7, 11) is -3.82. The van der Waals surface area contributed by atoms with Gasteiger partial charge in [0.05, 0.1) is 16.7 Å². The number of aliphatic hydroxyl groups excluding tert-OH is 1. The van der Waals surface area contributed by atoms with Crippen LogP contribution in [-0.2, 0) is 10.0 Å². The summed E-state index contributed by atoms with van der Waals surface area (Å²) in [4.78, 5) is -0.148. The lowest BCUT2D eigenvalue weighted by molar-refractivity contribution is 0.213. The number of hydrogen-bond donors (Lipinski definition) is 2. The van der Waals surface area contributed by atoms with Gasteiger partial charge in [-0.3, -0.25) is 0 Å². The standard InChI is InChI=1S/C11H14Cl2N2O3S/c12-9-4-7(14)5-10(13)11(9)19(17,18)15-3-1-2-8(15)6-16/h4-5,8,16H,1-3,6,14H2/t8-/m1/s1. The SMILES string of the molecule is Nc1cc(Cl)c(S(=O)(=O)N2CCC[C@@H]2CO)c(Cl)c1. The molecule has 1 fully saturated rings. The number of rotatable bonds is 3. The molecule has 8 heteroatoms. The molecule has 19 heavy (non-hydrogen) atoms. The molecule has 1 saturated heterocycles. The van der Waals surface area contributed by atoms with E-state index < -0.39 is 16.1 Å². The van der Waals surface area contributed by atoms with Gasteiger partial charge in [-0.2, -0.15) is 4.31 Å². The van der Waals surface area contributed by atoms with Crippen LogP contribution in [0.25, 0.3) is 0 Å². The molecule has 1 atom stereocenters. The number of nitrogens with two attached hydrogens (primary N) is 1. The molecule has 0 spiro atoms. The summed E-state index contributed by atoms with van der Waals surface area (Å²) >= 11 is 11.9. The van der Waals surface area contributed by atoms with Gasteiger partial charge in [-0.25, -0.2) is 8.42 Å². The molecule has 0 radical (unpaired) electrons. The minimum atomic E-state index is -3.82. The largest absolute Gasteiger partial charge is 0.399 e. The summed E-state index contributed by atoms with van der Waals surface area (Å²) < 4.78 is 26.4. The maximum absolute atomic E-state index is 12.6. The minimum absolute atomic E-state index is 0.00594. The highest BCUT2D eigenvalue weighted by molar-refractivity contribution is 7.89. The molecule has 0 aliphatic carbocycles. The highest BCUT2D eigenvalue weighted by Crippen LogP contribution is 2.36. The second kappa shape index (κ2) is 5.46. The number of aliphatic hydroxyl groups is 1.